The molecule has 0 radical (unpaired) electrons. The van der Waals surface area contributed by atoms with Gasteiger partial charge in [0.1, 0.15) is 0 Å². The predicted octanol–water partition coefficient (Wildman–Crippen LogP) is 8.00. The standard InChI is InChI=1S/C34H41N/c1-34(2,3)30-19-15-26(16-20-30)10-8-9-23-35-24-21-29(22-25-35)33-31-13-6-4-11-27(31)17-18-28-12-5-7-14-32(28)33/h4-7,11-16,19-20H,8-10,17-18,21-25H2,1-3H3. The number of rotatable bonds is 5. The van der Waals surface area contributed by atoms with Crippen molar-refractivity contribution >= 4 is 5.57 Å². The first-order chi connectivity index (χ1) is 17.0. The number of piperidine rings is 1. The van der Waals surface area contributed by atoms with Crippen LogP contribution in [0.3, 0.4) is 0 Å². The summed E-state index contributed by atoms with van der Waals surface area (Å²) in [6.45, 7) is 10.5. The molecule has 1 aliphatic heterocycles. The van der Waals surface area contributed by atoms with Crippen molar-refractivity contribution in [1.82, 2.24) is 4.90 Å². The summed E-state index contributed by atoms with van der Waals surface area (Å²) in [4.78, 5) is 2.70. The van der Waals surface area contributed by atoms with Crippen molar-refractivity contribution in [2.75, 3.05) is 19.6 Å². The third-order valence-corrected chi connectivity index (χ3v) is 8.06. The van der Waals surface area contributed by atoms with Gasteiger partial charge in [-0.05, 0) is 95.9 Å². The Kier molecular flexibility index (Phi) is 7.25. The highest BCUT2D eigenvalue weighted by atomic mass is 15.1. The Morgan fingerprint density at radius 1 is 0.657 bits per heavy atom. The molecule has 0 bridgehead atoms. The molecule has 0 spiro atoms. The van der Waals surface area contributed by atoms with Gasteiger partial charge in [-0.2, -0.15) is 0 Å². The van der Waals surface area contributed by atoms with Crippen molar-refractivity contribution in [1.29, 1.82) is 0 Å². The van der Waals surface area contributed by atoms with Crippen LogP contribution in [0.4, 0.5) is 0 Å². The summed E-state index contributed by atoms with van der Waals surface area (Å²) >= 11 is 0. The highest BCUT2D eigenvalue weighted by Gasteiger charge is 2.23. The number of likely N-dealkylation sites (tertiary alicyclic amines) is 1. The van der Waals surface area contributed by atoms with Gasteiger partial charge in [-0.1, -0.05) is 99.1 Å². The molecule has 5 rings (SSSR count). The Morgan fingerprint density at radius 3 is 1.80 bits per heavy atom. The van der Waals surface area contributed by atoms with Crippen molar-refractivity contribution in [3.8, 4) is 0 Å². The van der Waals surface area contributed by atoms with E-state index >= 15 is 0 Å². The van der Waals surface area contributed by atoms with Gasteiger partial charge in [0.15, 0.2) is 0 Å². The molecule has 0 atom stereocenters. The molecular formula is C34H41N. The smallest absolute Gasteiger partial charge is 0.00190 e. The van der Waals surface area contributed by atoms with Gasteiger partial charge in [-0.25, -0.2) is 0 Å². The molecule has 182 valence electrons. The fourth-order valence-electron chi connectivity index (χ4n) is 5.89. The van der Waals surface area contributed by atoms with E-state index in [1.165, 1.54) is 85.1 Å². The average molecular weight is 464 g/mol. The molecule has 1 saturated heterocycles. The fourth-order valence-corrected chi connectivity index (χ4v) is 5.89. The Balaban J connectivity index is 1.20. The molecule has 0 saturated carbocycles. The van der Waals surface area contributed by atoms with Crippen LogP contribution in [0.15, 0.2) is 78.4 Å². The Bertz CT molecular complexity index is 1120. The molecule has 1 fully saturated rings. The number of benzene rings is 3. The number of hydrogen-bond acceptors (Lipinski definition) is 1. The third kappa shape index (κ3) is 5.62. The van der Waals surface area contributed by atoms with Gasteiger partial charge in [0.2, 0.25) is 0 Å². The molecule has 0 aromatic heterocycles. The van der Waals surface area contributed by atoms with E-state index in [0.717, 1.165) is 12.8 Å². The summed E-state index contributed by atoms with van der Waals surface area (Å²) in [6.07, 6.45) is 8.46. The minimum atomic E-state index is 0.238. The van der Waals surface area contributed by atoms with Crippen LogP contribution in [-0.4, -0.2) is 24.5 Å². The van der Waals surface area contributed by atoms with Crippen LogP contribution >= 0.6 is 0 Å². The molecule has 0 N–H and O–H groups in total. The maximum atomic E-state index is 2.70. The van der Waals surface area contributed by atoms with Crippen LogP contribution in [0, 0.1) is 0 Å². The number of hydrogen-bond donors (Lipinski definition) is 0. The quantitative estimate of drug-likeness (QED) is 0.346. The second-order valence-electron chi connectivity index (χ2n) is 11.5. The summed E-state index contributed by atoms with van der Waals surface area (Å²) in [5.74, 6) is 0. The minimum Gasteiger partial charge on any atom is -0.303 e. The largest absolute Gasteiger partial charge is 0.303 e. The van der Waals surface area contributed by atoms with E-state index in [0.29, 0.717) is 0 Å². The summed E-state index contributed by atoms with van der Waals surface area (Å²) in [6, 6.07) is 27.6. The predicted molar refractivity (Wildman–Crippen MR) is 150 cm³/mol. The normalized spacial score (nSPS) is 16.5. The van der Waals surface area contributed by atoms with Crippen molar-refractivity contribution in [3.05, 3.63) is 112 Å². The molecule has 1 heteroatoms. The molecule has 1 heterocycles. The molecule has 3 aromatic rings. The van der Waals surface area contributed by atoms with E-state index in [9.17, 15) is 0 Å². The summed E-state index contributed by atoms with van der Waals surface area (Å²) < 4.78 is 0. The van der Waals surface area contributed by atoms with Crippen molar-refractivity contribution < 1.29 is 0 Å². The zero-order valence-corrected chi connectivity index (χ0v) is 21.9. The monoisotopic (exact) mass is 463 g/mol. The van der Waals surface area contributed by atoms with E-state index < -0.39 is 0 Å². The van der Waals surface area contributed by atoms with Crippen LogP contribution in [0.5, 0.6) is 0 Å². The van der Waals surface area contributed by atoms with Crippen LogP contribution in [0.25, 0.3) is 5.57 Å². The lowest BCUT2D eigenvalue weighted by atomic mass is 9.86. The van der Waals surface area contributed by atoms with Gasteiger partial charge in [0.25, 0.3) is 0 Å². The number of unbranched alkanes of at least 4 members (excludes halogenated alkanes) is 1. The number of aryl methyl sites for hydroxylation is 3. The summed E-state index contributed by atoms with van der Waals surface area (Å²) in [7, 11) is 0. The van der Waals surface area contributed by atoms with Crippen molar-refractivity contribution in [2.45, 2.75) is 71.1 Å². The lowest BCUT2D eigenvalue weighted by Gasteiger charge is -2.30. The molecule has 0 amide bonds. The Morgan fingerprint density at radius 2 is 1.23 bits per heavy atom. The second-order valence-corrected chi connectivity index (χ2v) is 11.5. The lowest BCUT2D eigenvalue weighted by molar-refractivity contribution is 0.252. The molecule has 0 unspecified atom stereocenters. The minimum absolute atomic E-state index is 0.238. The van der Waals surface area contributed by atoms with E-state index in [1.807, 2.05) is 0 Å². The van der Waals surface area contributed by atoms with Crippen LogP contribution < -0.4 is 0 Å². The van der Waals surface area contributed by atoms with Gasteiger partial charge in [-0.3, -0.25) is 0 Å². The summed E-state index contributed by atoms with van der Waals surface area (Å²) in [5.41, 5.74) is 12.4. The molecule has 2 aliphatic rings. The van der Waals surface area contributed by atoms with E-state index in [-0.39, 0.29) is 5.41 Å². The van der Waals surface area contributed by atoms with Gasteiger partial charge in [-0.15, -0.1) is 0 Å². The maximum absolute atomic E-state index is 2.70. The molecule has 3 aromatic carbocycles. The van der Waals surface area contributed by atoms with Crippen molar-refractivity contribution in [3.63, 3.8) is 0 Å². The van der Waals surface area contributed by atoms with Crippen LogP contribution in [0.2, 0.25) is 0 Å². The van der Waals surface area contributed by atoms with Gasteiger partial charge < -0.3 is 4.90 Å². The van der Waals surface area contributed by atoms with Gasteiger partial charge >= 0.3 is 0 Å². The van der Waals surface area contributed by atoms with Crippen molar-refractivity contribution in [2.24, 2.45) is 0 Å². The third-order valence-electron chi connectivity index (χ3n) is 8.06. The lowest BCUT2D eigenvalue weighted by Crippen LogP contribution is -2.32. The fraction of sp³-hybridized carbons (Fsp3) is 0.412. The van der Waals surface area contributed by atoms with E-state index in [4.69, 9.17) is 0 Å². The zero-order chi connectivity index (χ0) is 24.3. The first kappa shape index (κ1) is 24.1. The zero-order valence-electron chi connectivity index (χ0n) is 21.9. The Labute approximate surface area is 212 Å². The molecule has 35 heavy (non-hydrogen) atoms. The highest BCUT2D eigenvalue weighted by molar-refractivity contribution is 5.86. The topological polar surface area (TPSA) is 3.24 Å². The molecule has 1 nitrogen and oxygen atoms in total. The first-order valence-electron chi connectivity index (χ1n) is 13.7. The Hall–Kier alpha value is -2.64. The van der Waals surface area contributed by atoms with Gasteiger partial charge in [0.05, 0.1) is 0 Å². The molecular weight excluding hydrogens is 422 g/mol. The SMILES string of the molecule is CC(C)(C)c1ccc(CCCCN2CCC(=C3c4ccccc4CCc4ccccc43)CC2)cc1. The van der Waals surface area contributed by atoms with E-state index in [2.05, 4.69) is 98.5 Å². The van der Waals surface area contributed by atoms with Gasteiger partial charge in [0, 0.05) is 13.1 Å². The maximum Gasteiger partial charge on any atom is 0.00190 e. The average Bonchev–Trinajstić information content (AvgIpc) is 3.04. The van der Waals surface area contributed by atoms with Crippen LogP contribution in [-0.2, 0) is 24.7 Å². The second kappa shape index (κ2) is 10.5. The summed E-state index contributed by atoms with van der Waals surface area (Å²) in [5, 5.41) is 0. The first-order valence-corrected chi connectivity index (χ1v) is 13.7. The number of nitrogens with zero attached hydrogens (tertiary/aromatic N) is 1. The molecule has 1 aliphatic carbocycles. The van der Waals surface area contributed by atoms with Crippen LogP contribution in [0.1, 0.15) is 79.8 Å². The highest BCUT2D eigenvalue weighted by Crippen LogP contribution is 2.38. The van der Waals surface area contributed by atoms with E-state index in [1.54, 1.807) is 11.1 Å². The number of fused-ring (bicyclic) bond motifs is 2.